The summed E-state index contributed by atoms with van der Waals surface area (Å²) < 4.78 is 0.763. The third-order valence-electron chi connectivity index (χ3n) is 1.61. The van der Waals surface area contributed by atoms with E-state index in [2.05, 4.69) is 26.6 Å². The summed E-state index contributed by atoms with van der Waals surface area (Å²) in [6.07, 6.45) is 0. The molecule has 0 aliphatic heterocycles. The maximum absolute atomic E-state index is 11.2. The molecule has 0 aliphatic carbocycles. The van der Waals surface area contributed by atoms with E-state index in [1.807, 2.05) is 0 Å². The van der Waals surface area contributed by atoms with Crippen molar-refractivity contribution in [2.75, 3.05) is 12.4 Å². The van der Waals surface area contributed by atoms with Crippen LogP contribution in [0.2, 0.25) is 5.02 Å². The van der Waals surface area contributed by atoms with Gasteiger partial charge in [0.15, 0.2) is 0 Å². The predicted molar refractivity (Wildman–Crippen MR) is 61.8 cm³/mol. The summed E-state index contributed by atoms with van der Waals surface area (Å²) in [7, 11) is 1.38. The first kappa shape index (κ1) is 12.0. The second-order valence-corrected chi connectivity index (χ2v) is 3.98. The number of hydrogen-bond acceptors (Lipinski definition) is 2. The van der Waals surface area contributed by atoms with Gasteiger partial charge in [0.05, 0.1) is 10.7 Å². The highest BCUT2D eigenvalue weighted by Crippen LogP contribution is 2.25. The molecule has 0 heterocycles. The lowest BCUT2D eigenvalue weighted by Gasteiger charge is -2.06. The number of carbonyl (C=O) groups is 2. The van der Waals surface area contributed by atoms with Crippen LogP contribution in [-0.4, -0.2) is 18.9 Å². The van der Waals surface area contributed by atoms with E-state index < -0.39 is 11.8 Å². The maximum Gasteiger partial charge on any atom is 0.313 e. The molecule has 0 radical (unpaired) electrons. The van der Waals surface area contributed by atoms with E-state index in [-0.39, 0.29) is 0 Å². The average molecular weight is 292 g/mol. The molecule has 2 N–H and O–H groups in total. The van der Waals surface area contributed by atoms with Gasteiger partial charge in [0.2, 0.25) is 0 Å². The molecule has 0 fully saturated rings. The SMILES string of the molecule is CNC(=O)C(=O)Nc1cc(Br)ccc1Cl. The summed E-state index contributed by atoms with van der Waals surface area (Å²) in [4.78, 5) is 22.1. The number of amides is 2. The Labute approximate surface area is 100 Å². The normalized spacial score (nSPS) is 9.53. The first-order valence-electron chi connectivity index (χ1n) is 4.02. The number of carbonyl (C=O) groups excluding carboxylic acids is 2. The van der Waals surface area contributed by atoms with Gasteiger partial charge in [-0.1, -0.05) is 27.5 Å². The van der Waals surface area contributed by atoms with Crippen LogP contribution in [0.4, 0.5) is 5.69 Å². The second kappa shape index (κ2) is 5.14. The van der Waals surface area contributed by atoms with Gasteiger partial charge in [-0.05, 0) is 18.2 Å². The number of rotatable bonds is 1. The first-order valence-corrected chi connectivity index (χ1v) is 5.20. The van der Waals surface area contributed by atoms with Crippen molar-refractivity contribution in [2.24, 2.45) is 0 Å². The maximum atomic E-state index is 11.2. The topological polar surface area (TPSA) is 58.2 Å². The molecule has 0 saturated heterocycles. The van der Waals surface area contributed by atoms with Crippen molar-refractivity contribution in [1.82, 2.24) is 5.32 Å². The van der Waals surface area contributed by atoms with Gasteiger partial charge in [0.1, 0.15) is 0 Å². The van der Waals surface area contributed by atoms with E-state index in [0.29, 0.717) is 10.7 Å². The molecule has 0 atom stereocenters. The lowest BCUT2D eigenvalue weighted by Crippen LogP contribution is -2.32. The highest BCUT2D eigenvalue weighted by molar-refractivity contribution is 9.10. The monoisotopic (exact) mass is 290 g/mol. The number of halogens is 2. The van der Waals surface area contributed by atoms with Crippen LogP contribution in [0.25, 0.3) is 0 Å². The minimum atomic E-state index is -0.752. The van der Waals surface area contributed by atoms with E-state index in [1.54, 1.807) is 18.2 Å². The Balaban J connectivity index is 2.85. The Morgan fingerprint density at radius 2 is 2.00 bits per heavy atom. The first-order chi connectivity index (χ1) is 7.04. The molecule has 1 rings (SSSR count). The quantitative estimate of drug-likeness (QED) is 0.775. The van der Waals surface area contributed by atoms with E-state index in [4.69, 9.17) is 11.6 Å². The van der Waals surface area contributed by atoms with Crippen molar-refractivity contribution in [2.45, 2.75) is 0 Å². The number of benzene rings is 1. The van der Waals surface area contributed by atoms with E-state index in [0.717, 1.165) is 4.47 Å². The molecule has 6 heteroatoms. The molecule has 4 nitrogen and oxygen atoms in total. The number of anilines is 1. The Morgan fingerprint density at radius 1 is 1.33 bits per heavy atom. The van der Waals surface area contributed by atoms with Gasteiger partial charge in [-0.3, -0.25) is 9.59 Å². The fourth-order valence-electron chi connectivity index (χ4n) is 0.886. The molecular formula is C9H8BrClN2O2. The molecule has 0 aliphatic rings. The van der Waals surface area contributed by atoms with Gasteiger partial charge >= 0.3 is 11.8 Å². The van der Waals surface area contributed by atoms with Crippen molar-refractivity contribution < 1.29 is 9.59 Å². The summed E-state index contributed by atoms with van der Waals surface area (Å²) in [5.74, 6) is -1.47. The lowest BCUT2D eigenvalue weighted by molar-refractivity contribution is -0.135. The van der Waals surface area contributed by atoms with Crippen LogP contribution in [-0.2, 0) is 9.59 Å². The standard InChI is InChI=1S/C9H8BrClN2O2/c1-12-8(14)9(15)13-7-4-5(10)2-3-6(7)11/h2-4H,1H3,(H,12,14)(H,13,15). The van der Waals surface area contributed by atoms with Crippen LogP contribution in [0.1, 0.15) is 0 Å². The molecule has 15 heavy (non-hydrogen) atoms. The molecule has 0 saturated carbocycles. The Morgan fingerprint density at radius 3 is 2.60 bits per heavy atom. The Hall–Kier alpha value is -1.07. The number of likely N-dealkylation sites (N-methyl/N-ethyl adjacent to an activating group) is 1. The zero-order chi connectivity index (χ0) is 11.4. The fourth-order valence-corrected chi connectivity index (χ4v) is 1.41. The predicted octanol–water partition coefficient (Wildman–Crippen LogP) is 1.79. The van der Waals surface area contributed by atoms with Crippen LogP contribution in [0.3, 0.4) is 0 Å². The Kier molecular flexibility index (Phi) is 4.11. The van der Waals surface area contributed by atoms with E-state index in [9.17, 15) is 9.59 Å². The van der Waals surface area contributed by atoms with Crippen LogP contribution < -0.4 is 10.6 Å². The lowest BCUT2D eigenvalue weighted by atomic mass is 10.3. The molecule has 0 unspecified atom stereocenters. The summed E-state index contributed by atoms with van der Waals surface area (Å²) >= 11 is 9.05. The third kappa shape index (κ3) is 3.21. The van der Waals surface area contributed by atoms with Crippen molar-refractivity contribution in [3.05, 3.63) is 27.7 Å². The van der Waals surface area contributed by atoms with Crippen LogP contribution in [0, 0.1) is 0 Å². The second-order valence-electron chi connectivity index (χ2n) is 2.66. The van der Waals surface area contributed by atoms with Gasteiger partial charge in [-0.15, -0.1) is 0 Å². The molecule has 2 amide bonds. The zero-order valence-electron chi connectivity index (χ0n) is 7.80. The van der Waals surface area contributed by atoms with Crippen LogP contribution >= 0.6 is 27.5 Å². The average Bonchev–Trinajstić information content (AvgIpc) is 2.22. The van der Waals surface area contributed by atoms with Gasteiger partial charge in [-0.2, -0.15) is 0 Å². The number of hydrogen-bond donors (Lipinski definition) is 2. The molecule has 1 aromatic rings. The smallest absolute Gasteiger partial charge is 0.313 e. The number of nitrogens with one attached hydrogen (secondary N) is 2. The minimum Gasteiger partial charge on any atom is -0.351 e. The fraction of sp³-hybridized carbons (Fsp3) is 0.111. The van der Waals surface area contributed by atoms with Crippen LogP contribution in [0.15, 0.2) is 22.7 Å². The van der Waals surface area contributed by atoms with E-state index >= 15 is 0 Å². The van der Waals surface area contributed by atoms with E-state index in [1.165, 1.54) is 7.05 Å². The van der Waals surface area contributed by atoms with Gasteiger partial charge in [0, 0.05) is 11.5 Å². The molecule has 0 spiro atoms. The highest BCUT2D eigenvalue weighted by atomic mass is 79.9. The van der Waals surface area contributed by atoms with Gasteiger partial charge in [-0.25, -0.2) is 0 Å². The third-order valence-corrected chi connectivity index (χ3v) is 2.43. The van der Waals surface area contributed by atoms with Gasteiger partial charge < -0.3 is 10.6 Å². The molecule has 1 aromatic carbocycles. The summed E-state index contributed by atoms with van der Waals surface area (Å²) in [5, 5.41) is 4.97. The van der Waals surface area contributed by atoms with Crippen molar-refractivity contribution >= 4 is 45.0 Å². The molecule has 0 bridgehead atoms. The molecular weight excluding hydrogens is 283 g/mol. The van der Waals surface area contributed by atoms with Crippen molar-refractivity contribution in [3.63, 3.8) is 0 Å². The minimum absolute atomic E-state index is 0.371. The summed E-state index contributed by atoms with van der Waals surface area (Å²) in [6, 6.07) is 4.96. The van der Waals surface area contributed by atoms with Crippen molar-refractivity contribution in [3.8, 4) is 0 Å². The zero-order valence-corrected chi connectivity index (χ0v) is 10.1. The summed E-state index contributed by atoms with van der Waals surface area (Å²) in [5.41, 5.74) is 0.389. The van der Waals surface area contributed by atoms with Crippen LogP contribution in [0.5, 0.6) is 0 Å². The highest BCUT2D eigenvalue weighted by Gasteiger charge is 2.12. The molecule has 0 aromatic heterocycles. The Bertz CT molecular complexity index is 409. The molecule has 80 valence electrons. The van der Waals surface area contributed by atoms with Gasteiger partial charge in [0.25, 0.3) is 0 Å². The van der Waals surface area contributed by atoms with Crippen molar-refractivity contribution in [1.29, 1.82) is 0 Å². The summed E-state index contributed by atoms with van der Waals surface area (Å²) in [6.45, 7) is 0. The largest absolute Gasteiger partial charge is 0.351 e.